The minimum absolute atomic E-state index is 0.0201. The van der Waals surface area contributed by atoms with Crippen LogP contribution in [0.15, 0.2) is 17.2 Å². The van der Waals surface area contributed by atoms with Crippen LogP contribution in [0.2, 0.25) is 0 Å². The Morgan fingerprint density at radius 1 is 1.67 bits per heavy atom. The number of nitrogens with zero attached hydrogens (tertiary/aromatic N) is 2. The van der Waals surface area contributed by atoms with Gasteiger partial charge < -0.3 is 9.88 Å². The summed E-state index contributed by atoms with van der Waals surface area (Å²) in [5.41, 5.74) is -0.0201. The Bertz CT molecular complexity index is 399. The molecule has 0 amide bonds. The van der Waals surface area contributed by atoms with Crippen molar-refractivity contribution in [2.75, 3.05) is 11.9 Å². The maximum atomic E-state index is 11.8. The van der Waals surface area contributed by atoms with Crippen LogP contribution in [0.5, 0.6) is 0 Å². The lowest BCUT2D eigenvalue weighted by atomic mass is 10.3. The van der Waals surface area contributed by atoms with E-state index in [1.807, 2.05) is 6.92 Å². The quantitative estimate of drug-likeness (QED) is 0.810. The van der Waals surface area contributed by atoms with Crippen LogP contribution in [0, 0.1) is 11.8 Å². The van der Waals surface area contributed by atoms with Gasteiger partial charge in [0.1, 0.15) is 0 Å². The van der Waals surface area contributed by atoms with Crippen LogP contribution in [0.1, 0.15) is 20.3 Å². The van der Waals surface area contributed by atoms with E-state index >= 15 is 0 Å². The molecule has 1 N–H and O–H groups in total. The highest BCUT2D eigenvalue weighted by Gasteiger charge is 2.32. The van der Waals surface area contributed by atoms with Crippen LogP contribution in [-0.4, -0.2) is 16.1 Å². The van der Waals surface area contributed by atoms with Gasteiger partial charge in [0.15, 0.2) is 5.82 Å². The highest BCUT2D eigenvalue weighted by atomic mass is 16.1. The van der Waals surface area contributed by atoms with Gasteiger partial charge in [-0.05, 0) is 25.2 Å². The van der Waals surface area contributed by atoms with Gasteiger partial charge in [0.2, 0.25) is 0 Å². The average molecular weight is 207 g/mol. The van der Waals surface area contributed by atoms with E-state index in [1.54, 1.807) is 17.0 Å². The molecule has 1 saturated carbocycles. The smallest absolute Gasteiger partial charge is 0.293 e. The van der Waals surface area contributed by atoms with Crippen molar-refractivity contribution in [3.8, 4) is 0 Å². The first-order valence-electron chi connectivity index (χ1n) is 5.51. The van der Waals surface area contributed by atoms with Crippen LogP contribution in [0.3, 0.4) is 0 Å². The Balaban J connectivity index is 2.04. The van der Waals surface area contributed by atoms with E-state index in [0.717, 1.165) is 18.4 Å². The molecule has 2 rings (SSSR count). The first-order chi connectivity index (χ1) is 7.22. The molecule has 1 fully saturated rings. The third kappa shape index (κ3) is 2.19. The summed E-state index contributed by atoms with van der Waals surface area (Å²) in [6, 6.07) is 0. The molecule has 4 heteroatoms. The van der Waals surface area contributed by atoms with Crippen molar-refractivity contribution in [2.24, 2.45) is 11.8 Å². The van der Waals surface area contributed by atoms with Crippen molar-refractivity contribution in [3.63, 3.8) is 0 Å². The summed E-state index contributed by atoms with van der Waals surface area (Å²) in [6.45, 7) is 5.75. The van der Waals surface area contributed by atoms with E-state index in [4.69, 9.17) is 0 Å². The van der Waals surface area contributed by atoms with Crippen LogP contribution >= 0.6 is 0 Å². The molecule has 2 unspecified atom stereocenters. The van der Waals surface area contributed by atoms with E-state index in [9.17, 15) is 4.79 Å². The molecule has 15 heavy (non-hydrogen) atoms. The average Bonchev–Trinajstić information content (AvgIpc) is 2.93. The van der Waals surface area contributed by atoms with E-state index in [2.05, 4.69) is 17.2 Å². The Morgan fingerprint density at radius 3 is 3.00 bits per heavy atom. The Hall–Kier alpha value is -1.32. The number of hydrogen-bond donors (Lipinski definition) is 1. The minimum Gasteiger partial charge on any atom is -0.365 e. The molecular weight excluding hydrogens is 190 g/mol. The lowest BCUT2D eigenvalue weighted by Crippen LogP contribution is -2.24. The second-order valence-electron chi connectivity index (χ2n) is 4.22. The summed E-state index contributed by atoms with van der Waals surface area (Å²) in [4.78, 5) is 15.8. The molecule has 1 aliphatic rings. The second kappa shape index (κ2) is 4.04. The van der Waals surface area contributed by atoms with Gasteiger partial charge in [0, 0.05) is 25.5 Å². The largest absolute Gasteiger partial charge is 0.365 e. The van der Waals surface area contributed by atoms with Crippen LogP contribution in [0.4, 0.5) is 5.82 Å². The summed E-state index contributed by atoms with van der Waals surface area (Å²) in [7, 11) is 0. The van der Waals surface area contributed by atoms with Gasteiger partial charge in [0.25, 0.3) is 5.56 Å². The zero-order valence-electron chi connectivity index (χ0n) is 9.23. The Kier molecular flexibility index (Phi) is 2.75. The van der Waals surface area contributed by atoms with Crippen molar-refractivity contribution in [2.45, 2.75) is 26.8 Å². The number of nitrogens with one attached hydrogen (secondary N) is 1. The van der Waals surface area contributed by atoms with Crippen LogP contribution in [-0.2, 0) is 6.54 Å². The molecule has 1 aromatic rings. The zero-order chi connectivity index (χ0) is 10.8. The molecule has 0 spiro atoms. The lowest BCUT2D eigenvalue weighted by molar-refractivity contribution is 0.714. The highest BCUT2D eigenvalue weighted by molar-refractivity contribution is 5.31. The predicted molar refractivity (Wildman–Crippen MR) is 59.9 cm³/mol. The fraction of sp³-hybridized carbons (Fsp3) is 0.636. The summed E-state index contributed by atoms with van der Waals surface area (Å²) in [5, 5.41) is 3.14. The van der Waals surface area contributed by atoms with E-state index < -0.39 is 0 Å². The fourth-order valence-corrected chi connectivity index (χ4v) is 1.73. The molecule has 82 valence electrons. The molecule has 1 aliphatic carbocycles. The molecule has 2 atom stereocenters. The first-order valence-corrected chi connectivity index (χ1v) is 5.51. The van der Waals surface area contributed by atoms with Gasteiger partial charge in [-0.1, -0.05) is 6.92 Å². The second-order valence-corrected chi connectivity index (χ2v) is 4.22. The maximum Gasteiger partial charge on any atom is 0.293 e. The number of aryl methyl sites for hydroxylation is 1. The van der Waals surface area contributed by atoms with Crippen molar-refractivity contribution in [1.82, 2.24) is 9.55 Å². The standard InChI is InChI=1S/C11H17N3O/c1-3-14-5-4-12-10(11(14)15)13-7-9-6-8(9)2/h4-5,8-9H,3,6-7H2,1-2H3,(H,12,13). The topological polar surface area (TPSA) is 46.9 Å². The van der Waals surface area contributed by atoms with Crippen molar-refractivity contribution in [1.29, 1.82) is 0 Å². The van der Waals surface area contributed by atoms with E-state index in [0.29, 0.717) is 12.4 Å². The molecule has 0 bridgehead atoms. The Morgan fingerprint density at radius 2 is 2.40 bits per heavy atom. The first kappa shape index (κ1) is 10.2. The maximum absolute atomic E-state index is 11.8. The molecule has 1 aromatic heterocycles. The van der Waals surface area contributed by atoms with E-state index in [-0.39, 0.29) is 5.56 Å². The highest BCUT2D eigenvalue weighted by Crippen LogP contribution is 2.37. The van der Waals surface area contributed by atoms with Gasteiger partial charge >= 0.3 is 0 Å². The summed E-state index contributed by atoms with van der Waals surface area (Å²) in [5.74, 6) is 2.01. The zero-order valence-corrected chi connectivity index (χ0v) is 9.23. The molecule has 0 saturated heterocycles. The molecule has 0 radical (unpaired) electrons. The number of hydrogen-bond acceptors (Lipinski definition) is 3. The number of aromatic nitrogens is 2. The number of anilines is 1. The van der Waals surface area contributed by atoms with Gasteiger partial charge in [-0.2, -0.15) is 0 Å². The third-order valence-corrected chi connectivity index (χ3v) is 3.06. The minimum atomic E-state index is -0.0201. The molecule has 4 nitrogen and oxygen atoms in total. The summed E-state index contributed by atoms with van der Waals surface area (Å²) >= 11 is 0. The summed E-state index contributed by atoms with van der Waals surface area (Å²) in [6.07, 6.45) is 4.65. The molecule has 0 aliphatic heterocycles. The molecular formula is C11H17N3O. The van der Waals surface area contributed by atoms with Gasteiger partial charge in [-0.15, -0.1) is 0 Å². The van der Waals surface area contributed by atoms with Crippen molar-refractivity contribution in [3.05, 3.63) is 22.7 Å². The van der Waals surface area contributed by atoms with Crippen molar-refractivity contribution < 1.29 is 0 Å². The van der Waals surface area contributed by atoms with Crippen LogP contribution < -0.4 is 10.9 Å². The van der Waals surface area contributed by atoms with Gasteiger partial charge in [-0.3, -0.25) is 4.79 Å². The number of rotatable bonds is 4. The fourth-order valence-electron chi connectivity index (χ4n) is 1.73. The summed E-state index contributed by atoms with van der Waals surface area (Å²) < 4.78 is 1.66. The SMILES string of the molecule is CCn1ccnc(NCC2CC2C)c1=O. The van der Waals surface area contributed by atoms with Crippen molar-refractivity contribution >= 4 is 5.82 Å². The predicted octanol–water partition coefficient (Wildman–Crippen LogP) is 1.33. The van der Waals surface area contributed by atoms with E-state index in [1.165, 1.54) is 6.42 Å². The third-order valence-electron chi connectivity index (χ3n) is 3.06. The molecule has 1 heterocycles. The van der Waals surface area contributed by atoms with Crippen LogP contribution in [0.25, 0.3) is 0 Å². The lowest BCUT2D eigenvalue weighted by Gasteiger charge is -2.06. The molecule has 0 aromatic carbocycles. The van der Waals surface area contributed by atoms with Gasteiger partial charge in [0.05, 0.1) is 0 Å². The normalized spacial score (nSPS) is 23.9. The Labute approximate surface area is 89.3 Å². The van der Waals surface area contributed by atoms with Gasteiger partial charge in [-0.25, -0.2) is 4.98 Å². The monoisotopic (exact) mass is 207 g/mol.